The van der Waals surface area contributed by atoms with E-state index in [-0.39, 0.29) is 6.04 Å². The summed E-state index contributed by atoms with van der Waals surface area (Å²) in [7, 11) is 0. The first-order valence-corrected chi connectivity index (χ1v) is 8.32. The van der Waals surface area contributed by atoms with Gasteiger partial charge >= 0.3 is 0 Å². The van der Waals surface area contributed by atoms with Crippen molar-refractivity contribution >= 4 is 0 Å². The predicted octanol–water partition coefficient (Wildman–Crippen LogP) is 3.83. The quantitative estimate of drug-likeness (QED) is 0.900. The van der Waals surface area contributed by atoms with Crippen molar-refractivity contribution in [2.75, 3.05) is 0 Å². The molecule has 3 rings (SSSR count). The Balaban J connectivity index is 2.03. The van der Waals surface area contributed by atoms with Crippen LogP contribution in [0, 0.1) is 5.92 Å². The summed E-state index contributed by atoms with van der Waals surface area (Å²) < 4.78 is 0. The summed E-state index contributed by atoms with van der Waals surface area (Å²) >= 11 is 0. The molecule has 0 spiro atoms. The van der Waals surface area contributed by atoms with Gasteiger partial charge in [-0.2, -0.15) is 0 Å². The Kier molecular flexibility index (Phi) is 4.60. The van der Waals surface area contributed by atoms with Crippen LogP contribution in [0.5, 0.6) is 0 Å². The molecule has 0 aliphatic heterocycles. The molecule has 22 heavy (non-hydrogen) atoms. The van der Waals surface area contributed by atoms with Gasteiger partial charge < -0.3 is 10.8 Å². The minimum Gasteiger partial charge on any atom is -0.379 e. The maximum Gasteiger partial charge on any atom is 0.130 e. The first-order valence-electron chi connectivity index (χ1n) is 8.32. The fraction of sp³-hybridized carbons (Fsp3) is 0.400. The van der Waals surface area contributed by atoms with Gasteiger partial charge in [-0.25, -0.2) is 0 Å². The molecule has 0 saturated heterocycles. The smallest absolute Gasteiger partial charge is 0.130 e. The van der Waals surface area contributed by atoms with Crippen molar-refractivity contribution in [1.82, 2.24) is 0 Å². The fourth-order valence-corrected chi connectivity index (χ4v) is 3.77. The molecule has 0 heterocycles. The molecule has 0 aromatic heterocycles. The second-order valence-electron chi connectivity index (χ2n) is 6.42. The van der Waals surface area contributed by atoms with Gasteiger partial charge in [0.25, 0.3) is 0 Å². The van der Waals surface area contributed by atoms with Crippen LogP contribution in [-0.4, -0.2) is 11.1 Å². The molecule has 1 atom stereocenters. The largest absolute Gasteiger partial charge is 0.379 e. The Hall–Kier alpha value is -1.64. The minimum atomic E-state index is -1.12. The van der Waals surface area contributed by atoms with Gasteiger partial charge in [-0.1, -0.05) is 79.9 Å². The molecule has 1 unspecified atom stereocenters. The Morgan fingerprint density at radius 1 is 0.818 bits per heavy atom. The standard InChI is InChI=1S/C20H25NO/c21-19(16-10-4-1-5-11-16)20(22,17-12-6-2-7-13-17)18-14-8-3-9-15-18/h2-3,6-9,12-16,19,22H,1,4-5,10-11,21H2. The SMILES string of the molecule is NC(C1CCCCC1)C(O)(c1ccccc1)c1ccccc1. The van der Waals surface area contributed by atoms with E-state index < -0.39 is 5.60 Å². The van der Waals surface area contributed by atoms with Crippen molar-refractivity contribution in [3.05, 3.63) is 71.8 Å². The van der Waals surface area contributed by atoms with Crippen LogP contribution in [-0.2, 0) is 5.60 Å². The van der Waals surface area contributed by atoms with Gasteiger partial charge in [-0.3, -0.25) is 0 Å². The molecule has 3 N–H and O–H groups in total. The molecule has 0 radical (unpaired) electrons. The number of rotatable bonds is 4. The van der Waals surface area contributed by atoms with Crippen LogP contribution < -0.4 is 5.73 Å². The topological polar surface area (TPSA) is 46.2 Å². The van der Waals surface area contributed by atoms with Gasteiger partial charge in [-0.15, -0.1) is 0 Å². The van der Waals surface area contributed by atoms with Crippen LogP contribution in [0.3, 0.4) is 0 Å². The molecule has 2 aromatic carbocycles. The summed E-state index contributed by atoms with van der Waals surface area (Å²) in [6, 6.07) is 19.5. The molecular formula is C20H25NO. The third kappa shape index (κ3) is 2.81. The van der Waals surface area contributed by atoms with E-state index >= 15 is 0 Å². The summed E-state index contributed by atoms with van der Waals surface area (Å²) in [5.74, 6) is 0.374. The van der Waals surface area contributed by atoms with Crippen LogP contribution in [0.2, 0.25) is 0 Å². The predicted molar refractivity (Wildman–Crippen MR) is 90.4 cm³/mol. The highest BCUT2D eigenvalue weighted by molar-refractivity contribution is 5.38. The maximum absolute atomic E-state index is 11.6. The van der Waals surface area contributed by atoms with E-state index in [2.05, 4.69) is 0 Å². The van der Waals surface area contributed by atoms with E-state index in [0.717, 1.165) is 24.0 Å². The van der Waals surface area contributed by atoms with Gasteiger partial charge in [0.15, 0.2) is 0 Å². The summed E-state index contributed by atoms with van der Waals surface area (Å²) in [6.07, 6.45) is 5.96. The molecule has 0 bridgehead atoms. The fourth-order valence-electron chi connectivity index (χ4n) is 3.77. The van der Waals surface area contributed by atoms with E-state index in [1.54, 1.807) is 0 Å². The lowest BCUT2D eigenvalue weighted by Gasteiger charge is -2.40. The van der Waals surface area contributed by atoms with Crippen LogP contribution in [0.1, 0.15) is 43.2 Å². The van der Waals surface area contributed by atoms with Crippen LogP contribution in [0.15, 0.2) is 60.7 Å². The lowest BCUT2D eigenvalue weighted by atomic mass is 9.71. The van der Waals surface area contributed by atoms with Gasteiger partial charge in [0, 0.05) is 6.04 Å². The second-order valence-corrected chi connectivity index (χ2v) is 6.42. The zero-order valence-corrected chi connectivity index (χ0v) is 13.0. The highest BCUT2D eigenvalue weighted by Gasteiger charge is 2.42. The Morgan fingerprint density at radius 3 is 1.73 bits per heavy atom. The molecule has 2 heteroatoms. The number of nitrogens with two attached hydrogens (primary N) is 1. The average Bonchev–Trinajstić information content (AvgIpc) is 2.62. The van der Waals surface area contributed by atoms with Crippen LogP contribution in [0.25, 0.3) is 0 Å². The van der Waals surface area contributed by atoms with Crippen molar-refractivity contribution in [1.29, 1.82) is 0 Å². The molecule has 1 aliphatic carbocycles. The monoisotopic (exact) mass is 295 g/mol. The third-order valence-electron chi connectivity index (χ3n) is 5.07. The maximum atomic E-state index is 11.6. The highest BCUT2D eigenvalue weighted by atomic mass is 16.3. The molecule has 2 aromatic rings. The van der Waals surface area contributed by atoms with Gasteiger partial charge in [0.05, 0.1) is 0 Å². The van der Waals surface area contributed by atoms with E-state index in [1.807, 2.05) is 60.7 Å². The van der Waals surface area contributed by atoms with E-state index in [4.69, 9.17) is 5.73 Å². The van der Waals surface area contributed by atoms with Gasteiger partial charge in [0.1, 0.15) is 5.60 Å². The lowest BCUT2D eigenvalue weighted by Crippen LogP contribution is -2.51. The van der Waals surface area contributed by atoms with Crippen molar-refractivity contribution in [3.63, 3.8) is 0 Å². The van der Waals surface area contributed by atoms with Crippen molar-refractivity contribution in [2.45, 2.75) is 43.7 Å². The number of benzene rings is 2. The Bertz CT molecular complexity index is 536. The summed E-state index contributed by atoms with van der Waals surface area (Å²) in [5.41, 5.74) is 7.30. The van der Waals surface area contributed by atoms with E-state index in [1.165, 1.54) is 19.3 Å². The van der Waals surface area contributed by atoms with Gasteiger partial charge in [-0.05, 0) is 29.9 Å². The molecule has 1 aliphatic rings. The van der Waals surface area contributed by atoms with Crippen molar-refractivity contribution in [2.24, 2.45) is 11.7 Å². The van der Waals surface area contributed by atoms with E-state index in [0.29, 0.717) is 5.92 Å². The average molecular weight is 295 g/mol. The summed E-state index contributed by atoms with van der Waals surface area (Å²) in [4.78, 5) is 0. The first kappa shape index (κ1) is 15.3. The Labute approximate surface area is 133 Å². The zero-order chi connectivity index (χ0) is 15.4. The molecular weight excluding hydrogens is 270 g/mol. The highest BCUT2D eigenvalue weighted by Crippen LogP contribution is 2.39. The zero-order valence-electron chi connectivity index (χ0n) is 13.0. The lowest BCUT2D eigenvalue weighted by molar-refractivity contribution is 0.0218. The molecule has 116 valence electrons. The second kappa shape index (κ2) is 6.64. The normalized spacial score (nSPS) is 18.1. The minimum absolute atomic E-state index is 0.280. The van der Waals surface area contributed by atoms with Crippen LogP contribution in [0.4, 0.5) is 0 Å². The van der Waals surface area contributed by atoms with Crippen molar-refractivity contribution < 1.29 is 5.11 Å². The number of hydrogen-bond acceptors (Lipinski definition) is 2. The summed E-state index contributed by atoms with van der Waals surface area (Å²) in [6.45, 7) is 0. The third-order valence-corrected chi connectivity index (χ3v) is 5.07. The number of aliphatic hydroxyl groups is 1. The number of hydrogen-bond donors (Lipinski definition) is 2. The first-order chi connectivity index (χ1) is 10.7. The molecule has 0 amide bonds. The van der Waals surface area contributed by atoms with Crippen LogP contribution >= 0.6 is 0 Å². The summed E-state index contributed by atoms with van der Waals surface area (Å²) in [5, 5.41) is 11.6. The van der Waals surface area contributed by atoms with E-state index in [9.17, 15) is 5.11 Å². The molecule has 1 fully saturated rings. The van der Waals surface area contributed by atoms with Gasteiger partial charge in [0.2, 0.25) is 0 Å². The Morgan fingerprint density at radius 2 is 1.27 bits per heavy atom. The van der Waals surface area contributed by atoms with Crippen molar-refractivity contribution in [3.8, 4) is 0 Å². The molecule has 1 saturated carbocycles. The molecule has 2 nitrogen and oxygen atoms in total.